The Morgan fingerprint density at radius 1 is 1.16 bits per heavy atom. The first-order chi connectivity index (χ1) is 8.46. The summed E-state index contributed by atoms with van der Waals surface area (Å²) in [7, 11) is -9.73. The van der Waals surface area contributed by atoms with E-state index < -0.39 is 26.6 Å². The molecule has 0 saturated heterocycles. The van der Waals surface area contributed by atoms with E-state index in [2.05, 4.69) is 6.58 Å². The largest absolute Gasteiger partial charge is 0.462 e. The minimum Gasteiger partial charge on any atom is -0.462 e. The van der Waals surface area contributed by atoms with Crippen LogP contribution in [0.2, 0.25) is 0 Å². The maximum Gasteiger partial charge on any atom is 0.340 e. The first-order valence-electron chi connectivity index (χ1n) is 5.39. The number of hydrogen-bond acceptors (Lipinski definition) is 4. The van der Waals surface area contributed by atoms with Crippen molar-refractivity contribution in [3.05, 3.63) is 12.2 Å². The van der Waals surface area contributed by atoms with Crippen LogP contribution < -0.4 is 0 Å². The van der Waals surface area contributed by atoms with Crippen LogP contribution in [0.1, 0.15) is 26.2 Å². The number of carbonyl (C=O) groups is 1. The van der Waals surface area contributed by atoms with Crippen LogP contribution in [0.15, 0.2) is 12.2 Å². The Hall–Kier alpha value is -0.490. The summed E-state index contributed by atoms with van der Waals surface area (Å²) in [6, 6.07) is 0. The normalized spacial score (nSPS) is 12.5. The quantitative estimate of drug-likeness (QED) is 0.224. The Kier molecular flexibility index (Phi) is 7.15. The van der Waals surface area contributed by atoms with E-state index in [4.69, 9.17) is 24.3 Å². The van der Waals surface area contributed by atoms with Gasteiger partial charge in [-0.3, -0.25) is 9.13 Å². The van der Waals surface area contributed by atoms with Crippen LogP contribution in [0.25, 0.3) is 0 Å². The van der Waals surface area contributed by atoms with E-state index in [0.717, 1.165) is 0 Å². The lowest BCUT2D eigenvalue weighted by Gasteiger charge is -2.19. The smallest absolute Gasteiger partial charge is 0.340 e. The van der Waals surface area contributed by atoms with Crippen LogP contribution in [0, 0.1) is 0 Å². The number of hydrogen-bond donors (Lipinski definition) is 4. The zero-order valence-electron chi connectivity index (χ0n) is 10.4. The van der Waals surface area contributed by atoms with Gasteiger partial charge < -0.3 is 24.3 Å². The molecule has 0 aliphatic carbocycles. The van der Waals surface area contributed by atoms with Crippen LogP contribution in [0.5, 0.6) is 0 Å². The highest BCUT2D eigenvalue weighted by molar-refractivity contribution is 7.70. The molecule has 19 heavy (non-hydrogen) atoms. The van der Waals surface area contributed by atoms with E-state index in [1.807, 2.05) is 0 Å². The van der Waals surface area contributed by atoms with Gasteiger partial charge in [-0.1, -0.05) is 6.58 Å². The molecule has 112 valence electrons. The molecule has 0 aromatic carbocycles. The second-order valence-corrected chi connectivity index (χ2v) is 8.08. The second-order valence-electron chi connectivity index (χ2n) is 4.07. The van der Waals surface area contributed by atoms with Gasteiger partial charge in [0.05, 0.1) is 6.61 Å². The Bertz CT molecular complexity index is 398. The summed E-state index contributed by atoms with van der Waals surface area (Å²) < 4.78 is 26.6. The van der Waals surface area contributed by atoms with E-state index in [9.17, 15) is 13.9 Å². The van der Waals surface area contributed by atoms with Crippen molar-refractivity contribution in [2.75, 3.05) is 6.61 Å². The molecular formula is C9H18O8P2. The van der Waals surface area contributed by atoms with Gasteiger partial charge >= 0.3 is 21.2 Å². The minimum atomic E-state index is -4.87. The summed E-state index contributed by atoms with van der Waals surface area (Å²) in [6.45, 7) is 4.84. The predicted molar refractivity (Wildman–Crippen MR) is 67.5 cm³/mol. The summed E-state index contributed by atoms with van der Waals surface area (Å²) in [4.78, 5) is 46.4. The van der Waals surface area contributed by atoms with Gasteiger partial charge in [0, 0.05) is 5.57 Å². The molecule has 0 aliphatic rings. The summed E-state index contributed by atoms with van der Waals surface area (Å²) >= 11 is 0. The molecule has 0 aliphatic heterocycles. The standard InChI is InChI=1S/C9H18O8P2/c1-7(2)9(10)17-6-4-3-5-8(18(11,12)13)19(14,15)16/h8H,1,3-6H2,2H3,(H2,11,12,13)(H2,14,15,16). The summed E-state index contributed by atoms with van der Waals surface area (Å²) in [6.07, 6.45) is 0.0130. The van der Waals surface area contributed by atoms with Gasteiger partial charge in [-0.25, -0.2) is 4.79 Å². The van der Waals surface area contributed by atoms with Crippen LogP contribution >= 0.6 is 15.2 Å². The molecule has 0 rings (SSSR count). The summed E-state index contributed by atoms with van der Waals surface area (Å²) in [5.41, 5.74) is 0.225. The van der Waals surface area contributed by atoms with Gasteiger partial charge in [-0.15, -0.1) is 0 Å². The second kappa shape index (κ2) is 7.33. The van der Waals surface area contributed by atoms with E-state index in [1.165, 1.54) is 6.92 Å². The summed E-state index contributed by atoms with van der Waals surface area (Å²) in [5, 5.41) is -2.00. The maximum atomic E-state index is 11.0. The Morgan fingerprint density at radius 2 is 1.63 bits per heavy atom. The molecule has 0 unspecified atom stereocenters. The van der Waals surface area contributed by atoms with E-state index >= 15 is 0 Å². The zero-order chi connectivity index (χ0) is 15.3. The van der Waals surface area contributed by atoms with Gasteiger partial charge in [0.25, 0.3) is 0 Å². The number of esters is 1. The van der Waals surface area contributed by atoms with E-state index in [-0.39, 0.29) is 31.4 Å². The van der Waals surface area contributed by atoms with Gasteiger partial charge in [0.2, 0.25) is 0 Å². The Balaban J connectivity index is 4.17. The molecule has 8 nitrogen and oxygen atoms in total. The fourth-order valence-electron chi connectivity index (χ4n) is 1.25. The van der Waals surface area contributed by atoms with Crippen LogP contribution in [-0.4, -0.2) is 37.5 Å². The molecular weight excluding hydrogens is 298 g/mol. The highest BCUT2D eigenvalue weighted by Gasteiger charge is 2.42. The molecule has 0 spiro atoms. The van der Waals surface area contributed by atoms with Crippen LogP contribution in [0.3, 0.4) is 0 Å². The lowest BCUT2D eigenvalue weighted by Crippen LogP contribution is -2.10. The first-order valence-corrected chi connectivity index (χ1v) is 8.75. The van der Waals surface area contributed by atoms with Crippen molar-refractivity contribution in [3.63, 3.8) is 0 Å². The average Bonchev–Trinajstić information content (AvgIpc) is 2.18. The van der Waals surface area contributed by atoms with E-state index in [1.54, 1.807) is 0 Å². The third kappa shape index (κ3) is 7.62. The molecule has 0 heterocycles. The fraction of sp³-hybridized carbons (Fsp3) is 0.667. The summed E-state index contributed by atoms with van der Waals surface area (Å²) in [5.74, 6) is -0.582. The van der Waals surface area contributed by atoms with Crippen molar-refractivity contribution >= 4 is 21.2 Å². The van der Waals surface area contributed by atoms with Crippen molar-refractivity contribution in [2.45, 2.75) is 31.6 Å². The third-order valence-electron chi connectivity index (χ3n) is 2.21. The van der Waals surface area contributed by atoms with Crippen molar-refractivity contribution < 1.29 is 38.2 Å². The predicted octanol–water partition coefficient (Wildman–Crippen LogP) is 0.957. The monoisotopic (exact) mass is 316 g/mol. The SMILES string of the molecule is C=C(C)C(=O)OCCCCC(P(=O)(O)O)P(=O)(O)O. The maximum absolute atomic E-state index is 11.0. The van der Waals surface area contributed by atoms with Gasteiger partial charge in [0.1, 0.15) is 0 Å². The molecule has 0 aromatic heterocycles. The molecule has 10 heteroatoms. The number of ether oxygens (including phenoxy) is 1. The Labute approximate surface area is 110 Å². The average molecular weight is 316 g/mol. The van der Waals surface area contributed by atoms with Crippen LogP contribution in [-0.2, 0) is 18.7 Å². The molecule has 0 fully saturated rings. The molecule has 0 atom stereocenters. The first kappa shape index (κ1) is 18.5. The topological polar surface area (TPSA) is 141 Å². The number of unbranched alkanes of at least 4 members (excludes halogenated alkanes) is 1. The lowest BCUT2D eigenvalue weighted by molar-refractivity contribution is -0.139. The van der Waals surface area contributed by atoms with Gasteiger partial charge in [-0.05, 0) is 26.2 Å². The van der Waals surface area contributed by atoms with Gasteiger partial charge in [0.15, 0.2) is 5.40 Å². The molecule has 0 amide bonds. The van der Waals surface area contributed by atoms with Crippen molar-refractivity contribution in [1.82, 2.24) is 0 Å². The van der Waals surface area contributed by atoms with Crippen molar-refractivity contribution in [3.8, 4) is 0 Å². The Morgan fingerprint density at radius 3 is 2.00 bits per heavy atom. The third-order valence-corrected chi connectivity index (χ3v) is 6.09. The van der Waals surface area contributed by atoms with Crippen LogP contribution in [0.4, 0.5) is 0 Å². The number of rotatable bonds is 8. The zero-order valence-corrected chi connectivity index (χ0v) is 12.2. The fourth-order valence-corrected chi connectivity index (χ4v) is 3.85. The molecule has 0 radical (unpaired) electrons. The highest BCUT2D eigenvalue weighted by atomic mass is 31.2. The number of carbonyl (C=O) groups excluding carboxylic acids is 1. The molecule has 0 aromatic rings. The molecule has 0 saturated carbocycles. The van der Waals surface area contributed by atoms with Gasteiger partial charge in [-0.2, -0.15) is 0 Å². The van der Waals surface area contributed by atoms with E-state index in [0.29, 0.717) is 0 Å². The molecule has 0 bridgehead atoms. The molecule has 4 N–H and O–H groups in total. The highest BCUT2D eigenvalue weighted by Crippen LogP contribution is 2.61. The lowest BCUT2D eigenvalue weighted by atomic mass is 10.2. The van der Waals surface area contributed by atoms with Crippen molar-refractivity contribution in [1.29, 1.82) is 0 Å². The van der Waals surface area contributed by atoms with Crippen molar-refractivity contribution in [2.24, 2.45) is 0 Å². The minimum absolute atomic E-state index is 0.000725.